The number of hydrogen-bond donors (Lipinski definition) is 2. The smallest absolute Gasteiger partial charge is 0.134 e. The van der Waals surface area contributed by atoms with Crippen LogP contribution >= 0.6 is 0 Å². The Balaban J connectivity index is 2.18. The highest BCUT2D eigenvalue weighted by atomic mass is 16.3. The van der Waals surface area contributed by atoms with E-state index in [-0.39, 0.29) is 6.10 Å². The van der Waals surface area contributed by atoms with E-state index < -0.39 is 0 Å². The topological polar surface area (TPSA) is 64.5 Å². The number of aliphatic hydroxyl groups is 1. The molecule has 2 unspecified atom stereocenters. The van der Waals surface area contributed by atoms with Crippen LogP contribution < -0.4 is 10.2 Å². The zero-order valence-electron chi connectivity index (χ0n) is 11.2. The summed E-state index contributed by atoms with van der Waals surface area (Å²) in [4.78, 5) is 12.7. The number of likely N-dealkylation sites (N-methyl/N-ethyl adjacent to an activating group) is 1. The van der Waals surface area contributed by atoms with Gasteiger partial charge in [-0.2, -0.15) is 0 Å². The fourth-order valence-corrected chi connectivity index (χ4v) is 2.41. The molecule has 0 spiro atoms. The van der Waals surface area contributed by atoms with E-state index in [9.17, 15) is 5.11 Å². The van der Waals surface area contributed by atoms with Gasteiger partial charge in [-0.25, -0.2) is 9.97 Å². The van der Waals surface area contributed by atoms with Gasteiger partial charge in [-0.05, 0) is 20.5 Å². The van der Waals surface area contributed by atoms with Gasteiger partial charge < -0.3 is 20.2 Å². The van der Waals surface area contributed by atoms with E-state index in [1.54, 1.807) is 6.33 Å². The molecule has 1 aromatic rings. The summed E-state index contributed by atoms with van der Waals surface area (Å²) in [6, 6.07) is 2.22. The first-order valence-corrected chi connectivity index (χ1v) is 6.19. The number of β-amino-alcohol motifs (C(OH)–C–C–N with tert-alkyl or cyclic N) is 1. The lowest BCUT2D eigenvalue weighted by atomic mass is 10.2. The number of hydrogen-bond acceptors (Lipinski definition) is 6. The molecule has 2 rings (SSSR count). The third-order valence-electron chi connectivity index (χ3n) is 3.17. The Bertz CT molecular complexity index is 398. The molecular weight excluding hydrogens is 230 g/mol. The molecule has 0 aromatic carbocycles. The lowest BCUT2D eigenvalue weighted by Gasteiger charge is -2.27. The fraction of sp³-hybridized carbons (Fsp3) is 0.667. The Morgan fingerprint density at radius 2 is 2.28 bits per heavy atom. The quantitative estimate of drug-likeness (QED) is 0.786. The van der Waals surface area contributed by atoms with Crippen molar-refractivity contribution < 1.29 is 5.11 Å². The van der Waals surface area contributed by atoms with E-state index in [0.29, 0.717) is 12.6 Å². The molecule has 2 N–H and O–H groups in total. The predicted molar refractivity (Wildman–Crippen MR) is 71.9 cm³/mol. The minimum Gasteiger partial charge on any atom is -0.391 e. The van der Waals surface area contributed by atoms with Crippen LogP contribution in [0, 0.1) is 0 Å². The van der Waals surface area contributed by atoms with Crippen LogP contribution in [0.3, 0.4) is 0 Å². The zero-order chi connectivity index (χ0) is 13.1. The second-order valence-corrected chi connectivity index (χ2v) is 4.97. The molecule has 0 saturated carbocycles. The van der Waals surface area contributed by atoms with Gasteiger partial charge in [0.05, 0.1) is 6.10 Å². The van der Waals surface area contributed by atoms with Crippen molar-refractivity contribution in [2.45, 2.75) is 18.6 Å². The van der Waals surface area contributed by atoms with E-state index in [4.69, 9.17) is 0 Å². The van der Waals surface area contributed by atoms with Crippen molar-refractivity contribution in [1.82, 2.24) is 14.9 Å². The molecule has 18 heavy (non-hydrogen) atoms. The van der Waals surface area contributed by atoms with E-state index in [0.717, 1.165) is 24.6 Å². The SMILES string of the molecule is CNc1cc(N2CC(O)CC2CN(C)C)ncn1. The van der Waals surface area contributed by atoms with Gasteiger partial charge in [-0.15, -0.1) is 0 Å². The van der Waals surface area contributed by atoms with Crippen LogP contribution in [0.5, 0.6) is 0 Å². The van der Waals surface area contributed by atoms with Gasteiger partial charge in [-0.1, -0.05) is 0 Å². The Kier molecular flexibility index (Phi) is 3.98. The summed E-state index contributed by atoms with van der Waals surface area (Å²) in [7, 11) is 5.92. The van der Waals surface area contributed by atoms with Gasteiger partial charge in [0.2, 0.25) is 0 Å². The third kappa shape index (κ3) is 2.88. The Morgan fingerprint density at radius 1 is 1.50 bits per heavy atom. The van der Waals surface area contributed by atoms with E-state index >= 15 is 0 Å². The van der Waals surface area contributed by atoms with Crippen LogP contribution in [-0.4, -0.2) is 66.4 Å². The summed E-state index contributed by atoms with van der Waals surface area (Å²) in [5.41, 5.74) is 0. The maximum Gasteiger partial charge on any atom is 0.134 e. The molecule has 100 valence electrons. The maximum atomic E-state index is 9.85. The molecule has 0 aliphatic carbocycles. The zero-order valence-corrected chi connectivity index (χ0v) is 11.2. The molecule has 1 aliphatic heterocycles. The first-order chi connectivity index (χ1) is 8.60. The second-order valence-electron chi connectivity index (χ2n) is 4.97. The Hall–Kier alpha value is -1.40. The number of anilines is 2. The molecule has 6 heteroatoms. The fourth-order valence-electron chi connectivity index (χ4n) is 2.41. The van der Waals surface area contributed by atoms with E-state index in [2.05, 4.69) is 25.1 Å². The summed E-state index contributed by atoms with van der Waals surface area (Å²) >= 11 is 0. The summed E-state index contributed by atoms with van der Waals surface area (Å²) in [6.07, 6.45) is 2.07. The van der Waals surface area contributed by atoms with Crippen molar-refractivity contribution >= 4 is 11.6 Å². The van der Waals surface area contributed by atoms with Crippen LogP contribution in [-0.2, 0) is 0 Å². The molecule has 2 atom stereocenters. The van der Waals surface area contributed by atoms with Crippen molar-refractivity contribution in [3.63, 3.8) is 0 Å². The van der Waals surface area contributed by atoms with Crippen LogP contribution in [0.15, 0.2) is 12.4 Å². The number of nitrogens with one attached hydrogen (secondary N) is 1. The van der Waals surface area contributed by atoms with Crippen molar-refractivity contribution in [3.05, 3.63) is 12.4 Å². The predicted octanol–water partition coefficient (Wildman–Crippen LogP) is 0.0195. The van der Waals surface area contributed by atoms with Crippen LogP contribution in [0.1, 0.15) is 6.42 Å². The molecule has 2 heterocycles. The van der Waals surface area contributed by atoms with Crippen molar-refractivity contribution in [3.8, 4) is 0 Å². The molecule has 0 bridgehead atoms. The molecule has 1 saturated heterocycles. The molecule has 0 radical (unpaired) electrons. The maximum absolute atomic E-state index is 9.85. The minimum absolute atomic E-state index is 0.275. The lowest BCUT2D eigenvalue weighted by molar-refractivity contribution is 0.191. The second kappa shape index (κ2) is 5.49. The monoisotopic (exact) mass is 251 g/mol. The molecule has 1 aromatic heterocycles. The number of nitrogens with zero attached hydrogens (tertiary/aromatic N) is 4. The summed E-state index contributed by atoms with van der Waals surface area (Å²) in [5, 5.41) is 12.9. The van der Waals surface area contributed by atoms with E-state index in [1.165, 1.54) is 0 Å². The van der Waals surface area contributed by atoms with Gasteiger partial charge >= 0.3 is 0 Å². The first kappa shape index (κ1) is 13.0. The molecule has 1 aliphatic rings. The number of aromatic nitrogens is 2. The first-order valence-electron chi connectivity index (χ1n) is 6.19. The van der Waals surface area contributed by atoms with Gasteiger partial charge in [0.15, 0.2) is 0 Å². The largest absolute Gasteiger partial charge is 0.391 e. The van der Waals surface area contributed by atoms with Gasteiger partial charge in [0, 0.05) is 32.2 Å². The lowest BCUT2D eigenvalue weighted by Crippen LogP contribution is -2.38. The average molecular weight is 251 g/mol. The number of rotatable bonds is 4. The summed E-state index contributed by atoms with van der Waals surface area (Å²) < 4.78 is 0. The average Bonchev–Trinajstić information content (AvgIpc) is 2.69. The summed E-state index contributed by atoms with van der Waals surface area (Å²) in [5.74, 6) is 1.67. The van der Waals surface area contributed by atoms with Crippen molar-refractivity contribution in [2.24, 2.45) is 0 Å². The minimum atomic E-state index is -0.275. The van der Waals surface area contributed by atoms with Crippen molar-refractivity contribution in [1.29, 1.82) is 0 Å². The van der Waals surface area contributed by atoms with E-state index in [1.807, 2.05) is 27.2 Å². The molecule has 1 fully saturated rings. The normalized spacial score (nSPS) is 23.7. The van der Waals surface area contributed by atoms with Gasteiger partial charge in [0.1, 0.15) is 18.0 Å². The molecule has 0 amide bonds. The Labute approximate surface area is 108 Å². The van der Waals surface area contributed by atoms with Crippen molar-refractivity contribution in [2.75, 3.05) is 44.4 Å². The van der Waals surface area contributed by atoms with Crippen LogP contribution in [0.2, 0.25) is 0 Å². The van der Waals surface area contributed by atoms with Crippen LogP contribution in [0.25, 0.3) is 0 Å². The highest BCUT2D eigenvalue weighted by molar-refractivity contribution is 5.49. The number of aliphatic hydroxyl groups excluding tert-OH is 1. The van der Waals surface area contributed by atoms with Gasteiger partial charge in [0.25, 0.3) is 0 Å². The highest BCUT2D eigenvalue weighted by Crippen LogP contribution is 2.25. The third-order valence-corrected chi connectivity index (χ3v) is 3.17. The Morgan fingerprint density at radius 3 is 2.94 bits per heavy atom. The highest BCUT2D eigenvalue weighted by Gasteiger charge is 2.32. The van der Waals surface area contributed by atoms with Gasteiger partial charge in [-0.3, -0.25) is 0 Å². The summed E-state index contributed by atoms with van der Waals surface area (Å²) in [6.45, 7) is 1.55. The molecule has 6 nitrogen and oxygen atoms in total. The molecular formula is C12H21N5O. The van der Waals surface area contributed by atoms with Crippen LogP contribution in [0.4, 0.5) is 11.6 Å². The standard InChI is InChI=1S/C12H21N5O/c1-13-11-5-12(15-8-14-11)17-7-10(18)4-9(17)6-16(2)3/h5,8-10,18H,4,6-7H2,1-3H3,(H,13,14,15).